The number of aliphatic hydroxyl groups is 1. The average molecular weight is 299 g/mol. The van der Waals surface area contributed by atoms with E-state index in [4.69, 9.17) is 4.74 Å². The zero-order chi connectivity index (χ0) is 14.4. The van der Waals surface area contributed by atoms with Gasteiger partial charge in [-0.25, -0.2) is 4.98 Å². The number of nitrogens with one attached hydrogen (secondary N) is 1. The minimum absolute atomic E-state index is 0.372. The van der Waals surface area contributed by atoms with Crippen molar-refractivity contribution in [3.8, 4) is 0 Å². The first-order valence-corrected chi connectivity index (χ1v) is 8.09. The van der Waals surface area contributed by atoms with Crippen LogP contribution < -0.4 is 5.32 Å². The SMILES string of the molecule is COCC(O)CN1CCC(NCc2nc(C)cs2)CC1. The summed E-state index contributed by atoms with van der Waals surface area (Å²) in [5.74, 6) is 0. The molecular weight excluding hydrogens is 274 g/mol. The topological polar surface area (TPSA) is 57.6 Å². The van der Waals surface area contributed by atoms with Crippen molar-refractivity contribution in [1.82, 2.24) is 15.2 Å². The quantitative estimate of drug-likeness (QED) is 0.787. The average Bonchev–Trinajstić information content (AvgIpc) is 2.84. The summed E-state index contributed by atoms with van der Waals surface area (Å²) < 4.78 is 4.96. The summed E-state index contributed by atoms with van der Waals surface area (Å²) in [4.78, 5) is 6.78. The first-order chi connectivity index (χ1) is 9.67. The van der Waals surface area contributed by atoms with Gasteiger partial charge in [-0.15, -0.1) is 11.3 Å². The molecule has 0 aromatic carbocycles. The van der Waals surface area contributed by atoms with E-state index in [-0.39, 0.29) is 6.10 Å². The van der Waals surface area contributed by atoms with E-state index in [0.29, 0.717) is 19.2 Å². The summed E-state index contributed by atoms with van der Waals surface area (Å²) in [5, 5.41) is 16.6. The Bertz CT molecular complexity index is 392. The monoisotopic (exact) mass is 299 g/mol. The van der Waals surface area contributed by atoms with Gasteiger partial charge in [0.2, 0.25) is 0 Å². The number of aromatic nitrogens is 1. The van der Waals surface area contributed by atoms with E-state index in [1.807, 2.05) is 6.92 Å². The van der Waals surface area contributed by atoms with Crippen molar-refractivity contribution in [2.45, 2.75) is 38.5 Å². The predicted octanol–water partition coefficient (Wildman–Crippen LogP) is 1.01. The van der Waals surface area contributed by atoms with E-state index in [1.165, 1.54) is 5.01 Å². The molecular formula is C14H25N3O2S. The maximum Gasteiger partial charge on any atom is 0.107 e. The maximum atomic E-state index is 9.73. The van der Waals surface area contributed by atoms with Gasteiger partial charge in [-0.3, -0.25) is 0 Å². The largest absolute Gasteiger partial charge is 0.389 e. The van der Waals surface area contributed by atoms with Gasteiger partial charge in [0.15, 0.2) is 0 Å². The van der Waals surface area contributed by atoms with Crippen LogP contribution in [0.2, 0.25) is 0 Å². The van der Waals surface area contributed by atoms with Gasteiger partial charge in [-0.1, -0.05) is 0 Å². The molecule has 20 heavy (non-hydrogen) atoms. The number of methoxy groups -OCH3 is 1. The molecule has 0 radical (unpaired) electrons. The van der Waals surface area contributed by atoms with Crippen molar-refractivity contribution in [1.29, 1.82) is 0 Å². The number of hydrogen-bond donors (Lipinski definition) is 2. The molecule has 2 heterocycles. The van der Waals surface area contributed by atoms with Crippen molar-refractivity contribution >= 4 is 11.3 Å². The van der Waals surface area contributed by atoms with Gasteiger partial charge in [0, 0.05) is 37.3 Å². The normalized spacial score (nSPS) is 19.4. The molecule has 1 saturated heterocycles. The molecule has 1 unspecified atom stereocenters. The van der Waals surface area contributed by atoms with Crippen LogP contribution in [0.1, 0.15) is 23.5 Å². The third-order valence-electron chi connectivity index (χ3n) is 3.62. The number of aryl methyl sites for hydroxylation is 1. The number of rotatable bonds is 7. The summed E-state index contributed by atoms with van der Waals surface area (Å²) in [5.41, 5.74) is 1.11. The molecule has 5 nitrogen and oxygen atoms in total. The fourth-order valence-corrected chi connectivity index (χ4v) is 3.30. The molecule has 0 saturated carbocycles. The van der Waals surface area contributed by atoms with E-state index in [1.54, 1.807) is 18.4 Å². The van der Waals surface area contributed by atoms with E-state index in [2.05, 4.69) is 20.6 Å². The number of thiazole rings is 1. The van der Waals surface area contributed by atoms with E-state index < -0.39 is 0 Å². The molecule has 114 valence electrons. The van der Waals surface area contributed by atoms with Crippen LogP contribution in [0.3, 0.4) is 0 Å². The fourth-order valence-electron chi connectivity index (χ4n) is 2.58. The molecule has 2 rings (SSSR count). The van der Waals surface area contributed by atoms with Gasteiger partial charge in [0.05, 0.1) is 12.7 Å². The van der Waals surface area contributed by atoms with Gasteiger partial charge in [0.1, 0.15) is 5.01 Å². The summed E-state index contributed by atoms with van der Waals surface area (Å²) in [6.07, 6.45) is 1.89. The smallest absolute Gasteiger partial charge is 0.107 e. The minimum Gasteiger partial charge on any atom is -0.389 e. The summed E-state index contributed by atoms with van der Waals surface area (Å²) >= 11 is 1.72. The zero-order valence-corrected chi connectivity index (χ0v) is 13.2. The highest BCUT2D eigenvalue weighted by Gasteiger charge is 2.20. The van der Waals surface area contributed by atoms with Gasteiger partial charge in [-0.05, 0) is 32.9 Å². The summed E-state index contributed by atoms with van der Waals surface area (Å²) in [6, 6.07) is 0.565. The van der Waals surface area contributed by atoms with Gasteiger partial charge in [-0.2, -0.15) is 0 Å². The van der Waals surface area contributed by atoms with E-state index in [9.17, 15) is 5.11 Å². The van der Waals surface area contributed by atoms with Gasteiger partial charge >= 0.3 is 0 Å². The molecule has 1 fully saturated rings. The van der Waals surface area contributed by atoms with Crippen LogP contribution in [-0.2, 0) is 11.3 Å². The second kappa shape index (κ2) is 8.05. The number of likely N-dealkylation sites (tertiary alicyclic amines) is 1. The van der Waals surface area contributed by atoms with Crippen LogP contribution in [0.5, 0.6) is 0 Å². The first kappa shape index (κ1) is 15.9. The van der Waals surface area contributed by atoms with Crippen LogP contribution in [0.25, 0.3) is 0 Å². The third kappa shape index (κ3) is 5.10. The Morgan fingerprint density at radius 2 is 2.30 bits per heavy atom. The highest BCUT2D eigenvalue weighted by atomic mass is 32.1. The van der Waals surface area contributed by atoms with Crippen LogP contribution in [0.15, 0.2) is 5.38 Å². The Hall–Kier alpha value is -0.530. The molecule has 6 heteroatoms. The Balaban J connectivity index is 1.64. The van der Waals surface area contributed by atoms with Crippen molar-refractivity contribution in [2.75, 3.05) is 33.4 Å². The Morgan fingerprint density at radius 1 is 1.55 bits per heavy atom. The maximum absolute atomic E-state index is 9.73. The Kier molecular flexibility index (Phi) is 6.38. The van der Waals surface area contributed by atoms with Crippen LogP contribution in [0.4, 0.5) is 0 Å². The molecule has 1 atom stereocenters. The van der Waals surface area contributed by atoms with Gasteiger partial charge in [0.25, 0.3) is 0 Å². The van der Waals surface area contributed by atoms with Crippen molar-refractivity contribution in [2.24, 2.45) is 0 Å². The van der Waals surface area contributed by atoms with Crippen molar-refractivity contribution in [3.63, 3.8) is 0 Å². The zero-order valence-electron chi connectivity index (χ0n) is 12.3. The van der Waals surface area contributed by atoms with Crippen molar-refractivity contribution < 1.29 is 9.84 Å². The third-order valence-corrected chi connectivity index (χ3v) is 4.59. The van der Waals surface area contributed by atoms with E-state index in [0.717, 1.165) is 38.2 Å². The lowest BCUT2D eigenvalue weighted by Gasteiger charge is -2.33. The summed E-state index contributed by atoms with van der Waals surface area (Å²) in [6.45, 7) is 6.11. The molecule has 2 N–H and O–H groups in total. The lowest BCUT2D eigenvalue weighted by atomic mass is 10.0. The van der Waals surface area contributed by atoms with Crippen molar-refractivity contribution in [3.05, 3.63) is 16.1 Å². The van der Waals surface area contributed by atoms with Crippen LogP contribution in [0, 0.1) is 6.92 Å². The number of hydrogen-bond acceptors (Lipinski definition) is 6. The standard InChI is InChI=1S/C14H25N3O2S/c1-11-10-20-14(16-11)7-15-12-3-5-17(6-4-12)8-13(18)9-19-2/h10,12-13,15,18H,3-9H2,1-2H3. The van der Waals surface area contributed by atoms with Gasteiger partial charge < -0.3 is 20.1 Å². The Labute approximate surface area is 125 Å². The molecule has 1 aliphatic heterocycles. The molecule has 0 bridgehead atoms. The number of ether oxygens (including phenoxy) is 1. The second-order valence-electron chi connectivity index (χ2n) is 5.45. The highest BCUT2D eigenvalue weighted by molar-refractivity contribution is 7.09. The van der Waals surface area contributed by atoms with E-state index >= 15 is 0 Å². The van der Waals surface area contributed by atoms with Crippen LogP contribution in [-0.4, -0.2) is 60.5 Å². The molecule has 0 aliphatic carbocycles. The molecule has 0 amide bonds. The highest BCUT2D eigenvalue weighted by Crippen LogP contribution is 2.13. The lowest BCUT2D eigenvalue weighted by Crippen LogP contribution is -2.45. The summed E-state index contributed by atoms with van der Waals surface area (Å²) in [7, 11) is 1.62. The molecule has 0 spiro atoms. The first-order valence-electron chi connectivity index (χ1n) is 7.21. The predicted molar refractivity (Wildman–Crippen MR) is 81.0 cm³/mol. The minimum atomic E-state index is -0.372. The molecule has 1 aliphatic rings. The molecule has 1 aromatic heterocycles. The number of nitrogens with zero attached hydrogens (tertiary/aromatic N) is 2. The lowest BCUT2D eigenvalue weighted by molar-refractivity contribution is 0.0310. The number of aliphatic hydroxyl groups excluding tert-OH is 1. The van der Waals surface area contributed by atoms with Crippen LogP contribution >= 0.6 is 11.3 Å². The number of β-amino-alcohol motifs (C(OH)–C–C–N with tert-alkyl or cyclic N) is 1. The Morgan fingerprint density at radius 3 is 2.90 bits per heavy atom. The molecule has 1 aromatic rings. The fraction of sp³-hybridized carbons (Fsp3) is 0.786. The number of piperidine rings is 1. The second-order valence-corrected chi connectivity index (χ2v) is 6.39.